The van der Waals surface area contributed by atoms with Crippen LogP contribution >= 0.6 is 23.4 Å². The number of hydrogen-bond acceptors (Lipinski definition) is 5. The van der Waals surface area contributed by atoms with Crippen molar-refractivity contribution >= 4 is 52.5 Å². The molecule has 4 heterocycles. The first-order chi connectivity index (χ1) is 18.7. The molecule has 2 aromatic carbocycles. The van der Waals surface area contributed by atoms with Gasteiger partial charge in [0.25, 0.3) is 5.91 Å². The monoisotopic (exact) mass is 563 g/mol. The van der Waals surface area contributed by atoms with Gasteiger partial charge in [-0.3, -0.25) is 14.4 Å². The molecule has 2 saturated heterocycles. The number of para-hydroxylation sites is 2. The molecule has 5 atom stereocenters. The summed E-state index contributed by atoms with van der Waals surface area (Å²) < 4.78 is -1.68. The number of aryl methyl sites for hydroxylation is 1. The Morgan fingerprint density at radius 3 is 2.36 bits per heavy atom. The van der Waals surface area contributed by atoms with Crippen LogP contribution in [0.3, 0.4) is 0 Å². The predicted molar refractivity (Wildman–Crippen MR) is 154 cm³/mol. The van der Waals surface area contributed by atoms with Crippen molar-refractivity contribution in [3.63, 3.8) is 0 Å². The average Bonchev–Trinajstić information content (AvgIpc) is 3.17. The van der Waals surface area contributed by atoms with Crippen molar-refractivity contribution in [1.82, 2.24) is 4.90 Å². The molecular weight excluding hydrogens is 534 g/mol. The number of aliphatic hydroxyl groups excluding tert-OH is 1. The van der Waals surface area contributed by atoms with Gasteiger partial charge in [-0.15, -0.1) is 11.8 Å². The number of hydrogen-bond donors (Lipinski definition) is 1. The van der Waals surface area contributed by atoms with Crippen LogP contribution in [-0.2, 0) is 14.4 Å². The highest BCUT2D eigenvalue weighted by molar-refractivity contribution is 8.02. The lowest BCUT2D eigenvalue weighted by molar-refractivity contribution is -0.139. The lowest BCUT2D eigenvalue weighted by atomic mass is 9.74. The molecule has 2 aromatic rings. The minimum absolute atomic E-state index is 0.00704. The van der Waals surface area contributed by atoms with Gasteiger partial charge in [-0.2, -0.15) is 0 Å². The van der Waals surface area contributed by atoms with Gasteiger partial charge in [0.05, 0.1) is 33.9 Å². The van der Waals surface area contributed by atoms with Crippen molar-refractivity contribution in [2.24, 2.45) is 11.8 Å². The zero-order valence-electron chi connectivity index (χ0n) is 21.8. The van der Waals surface area contributed by atoms with E-state index in [2.05, 4.69) is 0 Å². The Hall–Kier alpha value is -3.07. The highest BCUT2D eigenvalue weighted by atomic mass is 35.5. The van der Waals surface area contributed by atoms with Crippen molar-refractivity contribution in [3.8, 4) is 0 Å². The lowest BCUT2D eigenvalue weighted by Gasteiger charge is -2.37. The van der Waals surface area contributed by atoms with Crippen LogP contribution in [0.1, 0.15) is 12.5 Å². The number of likely N-dealkylation sites (tertiary alicyclic amines) is 1. The molecule has 0 saturated carbocycles. The molecule has 7 nitrogen and oxygen atoms in total. The van der Waals surface area contributed by atoms with Gasteiger partial charge in [0, 0.05) is 30.1 Å². The Balaban J connectivity index is 1.49. The van der Waals surface area contributed by atoms with E-state index in [1.165, 1.54) is 16.7 Å². The smallest absolute Gasteiger partial charge is 0.251 e. The summed E-state index contributed by atoms with van der Waals surface area (Å²) in [5.41, 5.74) is 2.23. The molecule has 39 heavy (non-hydrogen) atoms. The maximum Gasteiger partial charge on any atom is 0.251 e. The van der Waals surface area contributed by atoms with E-state index in [1.807, 2.05) is 80.6 Å². The summed E-state index contributed by atoms with van der Waals surface area (Å²) in [5, 5.41) is 10.4. The summed E-state index contributed by atoms with van der Waals surface area (Å²) >= 11 is 8.11. The average molecular weight is 564 g/mol. The number of β-amino-alcohol motifs (C(OH)–C–C–N with tert-alkyl or cyclic N) is 1. The maximum atomic E-state index is 14.5. The summed E-state index contributed by atoms with van der Waals surface area (Å²) in [5.74, 6) is -2.12. The second kappa shape index (κ2) is 9.54. The molecule has 6 rings (SSSR count). The van der Waals surface area contributed by atoms with Crippen molar-refractivity contribution < 1.29 is 19.5 Å². The van der Waals surface area contributed by atoms with E-state index < -0.39 is 27.4 Å². The Morgan fingerprint density at radius 1 is 0.923 bits per heavy atom. The van der Waals surface area contributed by atoms with Crippen molar-refractivity contribution in [2.75, 3.05) is 36.0 Å². The SMILES string of the molecule is Cc1cccc(Cl)c1N1CC=C[C@]23S[C@]4(C)C=CCN(c5ccccc5)C(=O)[C@@H]4[C@H]2C(=O)N(CCO)C3C1=O. The van der Waals surface area contributed by atoms with E-state index in [1.54, 1.807) is 15.9 Å². The maximum absolute atomic E-state index is 14.5. The molecule has 3 amide bonds. The number of aliphatic hydroxyl groups is 1. The minimum atomic E-state index is -0.980. The summed E-state index contributed by atoms with van der Waals surface area (Å²) in [7, 11) is 0. The first kappa shape index (κ1) is 26.2. The lowest BCUT2D eigenvalue weighted by Crippen LogP contribution is -2.54. The number of carbonyl (C=O) groups is 3. The van der Waals surface area contributed by atoms with Gasteiger partial charge in [0.15, 0.2) is 0 Å². The van der Waals surface area contributed by atoms with Crippen molar-refractivity contribution in [2.45, 2.75) is 29.4 Å². The van der Waals surface area contributed by atoms with Crippen LogP contribution in [0.5, 0.6) is 0 Å². The van der Waals surface area contributed by atoms with Crippen LogP contribution < -0.4 is 9.80 Å². The van der Waals surface area contributed by atoms with Crippen molar-refractivity contribution in [3.05, 3.63) is 83.4 Å². The molecule has 0 aliphatic carbocycles. The Labute approximate surface area is 237 Å². The molecule has 4 aliphatic heterocycles. The Morgan fingerprint density at radius 2 is 1.64 bits per heavy atom. The normalized spacial score (nSPS) is 31.7. The number of amides is 3. The number of anilines is 2. The molecule has 4 aliphatic rings. The van der Waals surface area contributed by atoms with Crippen LogP contribution in [0.4, 0.5) is 11.4 Å². The zero-order valence-corrected chi connectivity index (χ0v) is 23.4. The van der Waals surface area contributed by atoms with E-state index in [0.29, 0.717) is 17.3 Å². The second-order valence-corrected chi connectivity index (χ2v) is 12.9. The molecule has 9 heteroatoms. The number of halogens is 1. The standard InChI is InChI=1S/C30H30ClN3O4S/c1-19-9-6-12-21(31)24(19)33-16-8-14-30-23(27(37)34(17-18-35)25(30)28(33)38)22-26(36)32(20-10-4-3-5-11-20)15-7-13-29(22,2)39-30/h3-14,22-23,25,35H,15-18H2,1-2H3/t22-,23-,25?,29+,30-/m0/s1. The zero-order chi connectivity index (χ0) is 27.5. The summed E-state index contributed by atoms with van der Waals surface area (Å²) in [4.78, 5) is 47.9. The topological polar surface area (TPSA) is 81.2 Å². The van der Waals surface area contributed by atoms with Crippen LogP contribution in [0.15, 0.2) is 72.8 Å². The third-order valence-corrected chi connectivity index (χ3v) is 10.5. The van der Waals surface area contributed by atoms with E-state index in [-0.39, 0.29) is 37.4 Å². The van der Waals surface area contributed by atoms with E-state index >= 15 is 0 Å². The first-order valence-electron chi connectivity index (χ1n) is 13.1. The summed E-state index contributed by atoms with van der Waals surface area (Å²) in [6.07, 6.45) is 7.92. The molecule has 0 radical (unpaired) electrons. The molecule has 0 bridgehead atoms. The predicted octanol–water partition coefficient (Wildman–Crippen LogP) is 3.83. The van der Waals surface area contributed by atoms with Crippen LogP contribution in [0.2, 0.25) is 5.02 Å². The fraction of sp³-hybridized carbons (Fsp3) is 0.367. The van der Waals surface area contributed by atoms with Crippen LogP contribution in [-0.4, -0.2) is 69.5 Å². The number of rotatable bonds is 4. The Kier molecular flexibility index (Phi) is 6.40. The summed E-state index contributed by atoms with van der Waals surface area (Å²) in [6.45, 7) is 4.31. The van der Waals surface area contributed by atoms with E-state index in [4.69, 9.17) is 11.6 Å². The molecular formula is C30H30ClN3O4S. The van der Waals surface area contributed by atoms with Gasteiger partial charge < -0.3 is 19.8 Å². The van der Waals surface area contributed by atoms with Crippen molar-refractivity contribution in [1.29, 1.82) is 0 Å². The third-order valence-electron chi connectivity index (χ3n) is 8.42. The molecule has 1 unspecified atom stereocenters. The van der Waals surface area contributed by atoms with E-state index in [9.17, 15) is 19.5 Å². The van der Waals surface area contributed by atoms with Gasteiger partial charge >= 0.3 is 0 Å². The highest BCUT2D eigenvalue weighted by Crippen LogP contribution is 2.65. The Bertz CT molecular complexity index is 1390. The van der Waals surface area contributed by atoms with Crippen LogP contribution in [0.25, 0.3) is 0 Å². The number of carbonyl (C=O) groups excluding carboxylic acids is 3. The number of benzene rings is 2. The van der Waals surface area contributed by atoms with Gasteiger partial charge in [-0.25, -0.2) is 0 Å². The fourth-order valence-electron chi connectivity index (χ4n) is 6.87. The van der Waals surface area contributed by atoms with Gasteiger partial charge in [-0.1, -0.05) is 66.2 Å². The molecule has 0 aromatic heterocycles. The van der Waals surface area contributed by atoms with E-state index in [0.717, 1.165) is 11.3 Å². The third kappa shape index (κ3) is 3.79. The summed E-state index contributed by atoms with van der Waals surface area (Å²) in [6, 6.07) is 14.1. The van der Waals surface area contributed by atoms with Gasteiger partial charge in [0.2, 0.25) is 11.8 Å². The van der Waals surface area contributed by atoms with Gasteiger partial charge in [0.1, 0.15) is 6.04 Å². The largest absolute Gasteiger partial charge is 0.395 e. The molecule has 202 valence electrons. The number of thioether (sulfide) groups is 1. The minimum Gasteiger partial charge on any atom is -0.395 e. The van der Waals surface area contributed by atoms with Crippen LogP contribution in [0, 0.1) is 18.8 Å². The number of nitrogens with zero attached hydrogens (tertiary/aromatic N) is 3. The quantitative estimate of drug-likeness (QED) is 0.572. The fourth-order valence-corrected chi connectivity index (χ4v) is 9.36. The molecule has 1 N–H and O–H groups in total. The molecule has 2 fully saturated rings. The highest BCUT2D eigenvalue weighted by Gasteiger charge is 2.74. The molecule has 1 spiro atoms. The second-order valence-electron chi connectivity index (χ2n) is 10.7. The number of fused-ring (bicyclic) bond motifs is 2. The van der Waals surface area contributed by atoms with Gasteiger partial charge in [-0.05, 0) is 37.6 Å². The first-order valence-corrected chi connectivity index (χ1v) is 14.3.